The van der Waals surface area contributed by atoms with Gasteiger partial charge in [0.05, 0.1) is 6.61 Å². The minimum absolute atomic E-state index is 0.0352. The van der Waals surface area contributed by atoms with Crippen LogP contribution in [0.25, 0.3) is 0 Å². The highest BCUT2D eigenvalue weighted by molar-refractivity contribution is 6.06. The molecule has 6 heteroatoms. The monoisotopic (exact) mass is 283 g/mol. The average Bonchev–Trinajstić information content (AvgIpc) is 3.29. The number of carbonyl (C=O) groups excluding carboxylic acids is 1. The van der Waals surface area contributed by atoms with E-state index in [0.29, 0.717) is 19.4 Å². The fraction of sp³-hybridized carbons (Fsp3) is 0.857. The Kier molecular flexibility index (Phi) is 4.86. The lowest BCUT2D eigenvalue weighted by Crippen LogP contribution is -2.52. The molecule has 2 fully saturated rings. The van der Waals surface area contributed by atoms with Gasteiger partial charge in [0.15, 0.2) is 5.84 Å². The Hall–Kier alpha value is -1.30. The molecule has 2 aliphatic rings. The van der Waals surface area contributed by atoms with Crippen molar-refractivity contribution in [3.63, 3.8) is 0 Å². The second kappa shape index (κ2) is 6.43. The molecule has 0 unspecified atom stereocenters. The minimum Gasteiger partial charge on any atom is -0.409 e. The van der Waals surface area contributed by atoms with Crippen molar-refractivity contribution in [2.24, 2.45) is 16.3 Å². The van der Waals surface area contributed by atoms with Crippen LogP contribution in [0.15, 0.2) is 5.16 Å². The van der Waals surface area contributed by atoms with E-state index in [-0.39, 0.29) is 24.4 Å². The topological polar surface area (TPSA) is 99.2 Å². The Bertz CT molecular complexity index is 372. The molecule has 0 bridgehead atoms. The van der Waals surface area contributed by atoms with Gasteiger partial charge in [-0.2, -0.15) is 0 Å². The Balaban J connectivity index is 2.26. The standard InChI is InChI=1S/C14H25N3O3/c15-12(16-20)14(7-3-1-2-4-8-14)13(19)17(9-10-18)11-5-6-11/h11,18,20H,1-10H2,(H2,15,16). The lowest BCUT2D eigenvalue weighted by atomic mass is 9.77. The first-order chi connectivity index (χ1) is 9.65. The third-order valence-electron chi connectivity index (χ3n) is 4.55. The molecule has 20 heavy (non-hydrogen) atoms. The predicted molar refractivity (Wildman–Crippen MR) is 75.4 cm³/mol. The second-order valence-corrected chi connectivity index (χ2v) is 5.93. The van der Waals surface area contributed by atoms with Gasteiger partial charge in [0.1, 0.15) is 5.41 Å². The minimum atomic E-state index is -0.872. The first-order valence-corrected chi connectivity index (χ1v) is 7.55. The van der Waals surface area contributed by atoms with Crippen molar-refractivity contribution in [1.82, 2.24) is 4.90 Å². The quantitative estimate of drug-likeness (QED) is 0.231. The van der Waals surface area contributed by atoms with Gasteiger partial charge in [-0.1, -0.05) is 30.8 Å². The number of nitrogens with zero attached hydrogens (tertiary/aromatic N) is 2. The van der Waals surface area contributed by atoms with Crippen molar-refractivity contribution in [2.75, 3.05) is 13.2 Å². The van der Waals surface area contributed by atoms with Crippen LogP contribution in [-0.2, 0) is 4.79 Å². The van der Waals surface area contributed by atoms with Crippen molar-refractivity contribution in [3.05, 3.63) is 0 Å². The summed E-state index contributed by atoms with van der Waals surface area (Å²) in [7, 11) is 0. The maximum Gasteiger partial charge on any atom is 0.236 e. The van der Waals surface area contributed by atoms with E-state index in [0.717, 1.165) is 38.5 Å². The molecule has 1 amide bonds. The summed E-state index contributed by atoms with van der Waals surface area (Å²) < 4.78 is 0. The zero-order chi connectivity index (χ0) is 14.6. The van der Waals surface area contributed by atoms with E-state index in [1.54, 1.807) is 4.90 Å². The molecule has 0 saturated heterocycles. The fourth-order valence-electron chi connectivity index (χ4n) is 3.23. The molecule has 2 saturated carbocycles. The number of amides is 1. The number of aliphatic hydroxyl groups is 1. The van der Waals surface area contributed by atoms with E-state index in [4.69, 9.17) is 10.9 Å². The number of hydrogen-bond donors (Lipinski definition) is 3. The van der Waals surface area contributed by atoms with Crippen LogP contribution >= 0.6 is 0 Å². The SMILES string of the molecule is NC(=NO)C1(C(=O)N(CCO)C2CC2)CCCCCC1. The Morgan fingerprint density at radius 2 is 1.85 bits per heavy atom. The molecule has 0 heterocycles. The third-order valence-corrected chi connectivity index (χ3v) is 4.55. The molecule has 0 aliphatic heterocycles. The molecule has 0 atom stereocenters. The summed E-state index contributed by atoms with van der Waals surface area (Å²) >= 11 is 0. The van der Waals surface area contributed by atoms with Crippen molar-refractivity contribution >= 4 is 11.7 Å². The second-order valence-electron chi connectivity index (χ2n) is 5.93. The van der Waals surface area contributed by atoms with E-state index in [1.807, 2.05) is 0 Å². The maximum atomic E-state index is 13.0. The van der Waals surface area contributed by atoms with Gasteiger partial charge in [0, 0.05) is 12.6 Å². The van der Waals surface area contributed by atoms with Crippen LogP contribution in [0.5, 0.6) is 0 Å². The van der Waals surface area contributed by atoms with E-state index >= 15 is 0 Å². The molecule has 114 valence electrons. The zero-order valence-corrected chi connectivity index (χ0v) is 11.9. The summed E-state index contributed by atoms with van der Waals surface area (Å²) in [6, 6.07) is 0.223. The first-order valence-electron chi connectivity index (χ1n) is 7.55. The molecule has 2 rings (SSSR count). The van der Waals surface area contributed by atoms with E-state index in [1.165, 1.54) is 0 Å². The first kappa shape index (κ1) is 15.1. The van der Waals surface area contributed by atoms with Crippen LogP contribution in [0.1, 0.15) is 51.4 Å². The molecule has 2 aliphatic carbocycles. The lowest BCUT2D eigenvalue weighted by Gasteiger charge is -2.35. The molecule has 0 aromatic rings. The van der Waals surface area contributed by atoms with Crippen LogP contribution in [0.4, 0.5) is 0 Å². The Morgan fingerprint density at radius 3 is 2.30 bits per heavy atom. The molecule has 0 spiro atoms. The van der Waals surface area contributed by atoms with Gasteiger partial charge in [-0.25, -0.2) is 0 Å². The molecule has 6 nitrogen and oxygen atoms in total. The molecule has 0 radical (unpaired) electrons. The molecule has 4 N–H and O–H groups in total. The van der Waals surface area contributed by atoms with Crippen LogP contribution < -0.4 is 5.73 Å². The van der Waals surface area contributed by atoms with Crippen LogP contribution in [0.2, 0.25) is 0 Å². The summed E-state index contributed by atoms with van der Waals surface area (Å²) in [6.07, 6.45) is 7.23. The summed E-state index contributed by atoms with van der Waals surface area (Å²) in [5.41, 5.74) is 5.03. The molecular formula is C14H25N3O3. The van der Waals surface area contributed by atoms with Gasteiger partial charge >= 0.3 is 0 Å². The highest BCUT2D eigenvalue weighted by Crippen LogP contribution is 2.40. The molecule has 0 aromatic carbocycles. The van der Waals surface area contributed by atoms with Crippen molar-refractivity contribution in [2.45, 2.75) is 57.4 Å². The lowest BCUT2D eigenvalue weighted by molar-refractivity contribution is -0.140. The van der Waals surface area contributed by atoms with E-state index in [9.17, 15) is 9.90 Å². The zero-order valence-electron chi connectivity index (χ0n) is 11.9. The average molecular weight is 283 g/mol. The number of rotatable bonds is 5. The normalized spacial score (nSPS) is 23.1. The molecular weight excluding hydrogens is 258 g/mol. The number of oxime groups is 1. The number of aliphatic hydroxyl groups excluding tert-OH is 1. The Morgan fingerprint density at radius 1 is 1.25 bits per heavy atom. The predicted octanol–water partition coefficient (Wildman–Crippen LogP) is 1.06. The third kappa shape index (κ3) is 2.90. The number of amidine groups is 1. The number of hydrogen-bond acceptors (Lipinski definition) is 4. The fourth-order valence-corrected chi connectivity index (χ4v) is 3.23. The van der Waals surface area contributed by atoms with Crippen LogP contribution in [0.3, 0.4) is 0 Å². The maximum absolute atomic E-state index is 13.0. The summed E-state index contributed by atoms with van der Waals surface area (Å²) in [6.45, 7) is 0.290. The highest BCUT2D eigenvalue weighted by atomic mass is 16.4. The van der Waals surface area contributed by atoms with Crippen molar-refractivity contribution < 1.29 is 15.1 Å². The smallest absolute Gasteiger partial charge is 0.236 e. The summed E-state index contributed by atoms with van der Waals surface area (Å²) in [5, 5.41) is 21.4. The van der Waals surface area contributed by atoms with Gasteiger partial charge in [-0.15, -0.1) is 0 Å². The van der Waals surface area contributed by atoms with Gasteiger partial charge in [-0.05, 0) is 25.7 Å². The largest absolute Gasteiger partial charge is 0.409 e. The van der Waals surface area contributed by atoms with Gasteiger partial charge in [0.2, 0.25) is 5.91 Å². The number of nitrogens with two attached hydrogens (primary N) is 1. The van der Waals surface area contributed by atoms with Gasteiger partial charge in [0.25, 0.3) is 0 Å². The van der Waals surface area contributed by atoms with Gasteiger partial charge in [-0.3, -0.25) is 4.79 Å². The summed E-state index contributed by atoms with van der Waals surface area (Å²) in [4.78, 5) is 14.7. The van der Waals surface area contributed by atoms with Crippen LogP contribution in [0, 0.1) is 5.41 Å². The van der Waals surface area contributed by atoms with Crippen molar-refractivity contribution in [3.8, 4) is 0 Å². The van der Waals surface area contributed by atoms with E-state index < -0.39 is 5.41 Å². The van der Waals surface area contributed by atoms with E-state index in [2.05, 4.69) is 5.16 Å². The highest BCUT2D eigenvalue weighted by Gasteiger charge is 2.48. The van der Waals surface area contributed by atoms with Crippen molar-refractivity contribution in [1.29, 1.82) is 0 Å². The Labute approximate surface area is 119 Å². The molecule has 0 aromatic heterocycles. The van der Waals surface area contributed by atoms with Crippen LogP contribution in [-0.4, -0.2) is 46.1 Å². The number of carbonyl (C=O) groups is 1. The summed E-state index contributed by atoms with van der Waals surface area (Å²) in [5.74, 6) is -0.0285. The van der Waals surface area contributed by atoms with Gasteiger partial charge < -0.3 is 20.9 Å².